The molecule has 3 aromatic rings. The highest BCUT2D eigenvalue weighted by Crippen LogP contribution is 2.25. The number of ether oxygens (including phenoxy) is 1. The van der Waals surface area contributed by atoms with Gasteiger partial charge in [-0.3, -0.25) is 9.78 Å². The number of pyridine rings is 1. The van der Waals surface area contributed by atoms with Crippen molar-refractivity contribution in [3.05, 3.63) is 70.9 Å². The summed E-state index contributed by atoms with van der Waals surface area (Å²) in [6.45, 7) is 0.641. The number of H-pyrrole nitrogens is 1. The van der Waals surface area contributed by atoms with E-state index in [1.54, 1.807) is 37.6 Å². The number of hydrogen-bond acceptors (Lipinski definition) is 3. The molecule has 0 saturated carbocycles. The van der Waals surface area contributed by atoms with Crippen molar-refractivity contribution in [3.63, 3.8) is 0 Å². The number of halogens is 1. The molecule has 0 aliphatic carbocycles. The number of benzene rings is 1. The summed E-state index contributed by atoms with van der Waals surface area (Å²) in [5.41, 5.74) is 4.52. The Morgan fingerprint density at radius 2 is 2.07 bits per heavy atom. The monoisotopic (exact) mass is 363 g/mol. The number of rotatable bonds is 4. The number of nitrogens with one attached hydrogen (secondary N) is 2. The van der Waals surface area contributed by atoms with Crippen LogP contribution >= 0.6 is 0 Å². The van der Waals surface area contributed by atoms with Gasteiger partial charge in [-0.1, -0.05) is 0 Å². The molecular formula is C21H18FN3O2. The average Bonchev–Trinajstić information content (AvgIpc) is 3.13. The smallest absolute Gasteiger partial charge is 0.253 e. The number of aromatic amines is 1. The predicted octanol–water partition coefficient (Wildman–Crippen LogP) is 3.68. The fraction of sp³-hybridized carbons (Fsp3) is 0.143. The van der Waals surface area contributed by atoms with E-state index >= 15 is 0 Å². The third-order valence-electron chi connectivity index (χ3n) is 4.53. The van der Waals surface area contributed by atoms with Gasteiger partial charge in [-0.05, 0) is 48.6 Å². The van der Waals surface area contributed by atoms with E-state index in [9.17, 15) is 9.18 Å². The van der Waals surface area contributed by atoms with Crippen molar-refractivity contribution in [2.24, 2.45) is 0 Å². The maximum absolute atomic E-state index is 14.0. The molecule has 2 aromatic heterocycles. The molecule has 2 N–H and O–H groups in total. The van der Waals surface area contributed by atoms with Crippen LogP contribution < -0.4 is 10.1 Å². The first-order valence-corrected chi connectivity index (χ1v) is 8.62. The zero-order valence-electron chi connectivity index (χ0n) is 14.8. The minimum atomic E-state index is -0.328. The van der Waals surface area contributed by atoms with Crippen LogP contribution in [-0.4, -0.2) is 29.5 Å². The van der Waals surface area contributed by atoms with Crippen molar-refractivity contribution in [1.29, 1.82) is 0 Å². The van der Waals surface area contributed by atoms with Gasteiger partial charge in [0.05, 0.1) is 18.4 Å². The van der Waals surface area contributed by atoms with Crippen molar-refractivity contribution in [1.82, 2.24) is 15.3 Å². The second-order valence-electron chi connectivity index (χ2n) is 6.27. The van der Waals surface area contributed by atoms with Crippen molar-refractivity contribution >= 4 is 18.1 Å². The van der Waals surface area contributed by atoms with Crippen LogP contribution in [0, 0.1) is 5.82 Å². The lowest BCUT2D eigenvalue weighted by Gasteiger charge is -2.10. The Labute approximate surface area is 155 Å². The number of fused-ring (bicyclic) bond motifs is 1. The van der Waals surface area contributed by atoms with E-state index in [4.69, 9.17) is 4.74 Å². The minimum Gasteiger partial charge on any atom is -0.497 e. The lowest BCUT2D eigenvalue weighted by Crippen LogP contribution is -2.31. The highest BCUT2D eigenvalue weighted by atomic mass is 19.1. The van der Waals surface area contributed by atoms with Crippen LogP contribution in [-0.2, 0) is 6.42 Å². The molecule has 27 heavy (non-hydrogen) atoms. The summed E-state index contributed by atoms with van der Waals surface area (Å²) in [6, 6.07) is 10.2. The number of aromatic nitrogens is 2. The fourth-order valence-electron chi connectivity index (χ4n) is 3.11. The molecule has 1 amide bonds. The molecule has 0 unspecified atom stereocenters. The zero-order chi connectivity index (χ0) is 18.8. The van der Waals surface area contributed by atoms with Gasteiger partial charge in [0.1, 0.15) is 11.6 Å². The van der Waals surface area contributed by atoms with Gasteiger partial charge in [0.15, 0.2) is 0 Å². The van der Waals surface area contributed by atoms with Gasteiger partial charge in [-0.2, -0.15) is 0 Å². The molecule has 1 aliphatic heterocycles. The molecule has 4 rings (SSSR count). The van der Waals surface area contributed by atoms with Crippen molar-refractivity contribution in [2.45, 2.75) is 6.42 Å². The number of carbonyl (C=O) groups is 1. The van der Waals surface area contributed by atoms with Crippen molar-refractivity contribution < 1.29 is 13.9 Å². The third-order valence-corrected chi connectivity index (χ3v) is 4.53. The van der Waals surface area contributed by atoms with E-state index in [1.807, 2.05) is 18.2 Å². The number of hydrogen-bond donors (Lipinski definition) is 2. The second-order valence-corrected chi connectivity index (χ2v) is 6.27. The summed E-state index contributed by atoms with van der Waals surface area (Å²) in [5.74, 6) is 0.209. The predicted molar refractivity (Wildman–Crippen MR) is 102 cm³/mol. The number of methoxy groups -OCH3 is 1. The Kier molecular flexibility index (Phi) is 4.46. The number of carbonyl (C=O) groups excluding carboxylic acids is 1. The molecule has 0 atom stereocenters. The van der Waals surface area contributed by atoms with E-state index < -0.39 is 0 Å². The minimum absolute atomic E-state index is 0.0542. The number of nitrogens with zero attached hydrogens (tertiary/aromatic N) is 1. The summed E-state index contributed by atoms with van der Waals surface area (Å²) in [5, 5.41) is 2.84. The molecular weight excluding hydrogens is 345 g/mol. The Morgan fingerprint density at radius 1 is 1.19 bits per heavy atom. The Hall–Kier alpha value is -3.41. The van der Waals surface area contributed by atoms with Crippen LogP contribution in [0.2, 0.25) is 0 Å². The second kappa shape index (κ2) is 7.07. The summed E-state index contributed by atoms with van der Waals surface area (Å²) >= 11 is 0. The zero-order valence-corrected chi connectivity index (χ0v) is 14.8. The molecule has 1 aromatic carbocycles. The SMILES string of the molecule is COc1ccc(F)c(C=Cc2cc(-c3cc4c([nH]3)CCNC4=O)ccn2)c1. The van der Waals surface area contributed by atoms with Crippen LogP contribution in [0.1, 0.15) is 27.3 Å². The first-order chi connectivity index (χ1) is 13.1. The first-order valence-electron chi connectivity index (χ1n) is 8.62. The lowest BCUT2D eigenvalue weighted by molar-refractivity contribution is 0.0946. The standard InChI is InChI=1S/C21H18FN3O2/c1-27-16-4-5-18(22)13(11-16)2-3-15-10-14(6-8-23-15)20-12-17-19(25-20)7-9-24-21(17)26/h2-6,8,10-12,25H,7,9H2,1H3,(H,24,26). The van der Waals surface area contributed by atoms with Gasteiger partial charge in [0, 0.05) is 41.7 Å². The number of amides is 1. The van der Waals surface area contributed by atoms with Crippen LogP contribution in [0.25, 0.3) is 23.4 Å². The Bertz CT molecular complexity index is 1040. The van der Waals surface area contributed by atoms with Gasteiger partial charge in [0.2, 0.25) is 0 Å². The summed E-state index contributed by atoms with van der Waals surface area (Å²) < 4.78 is 19.1. The van der Waals surface area contributed by atoms with E-state index in [1.165, 1.54) is 6.07 Å². The largest absolute Gasteiger partial charge is 0.497 e. The maximum Gasteiger partial charge on any atom is 0.253 e. The quantitative estimate of drug-likeness (QED) is 0.743. The maximum atomic E-state index is 14.0. The molecule has 5 nitrogen and oxygen atoms in total. The van der Waals surface area contributed by atoms with Crippen LogP contribution in [0.15, 0.2) is 42.6 Å². The molecule has 0 bridgehead atoms. The molecule has 0 spiro atoms. The molecule has 0 radical (unpaired) electrons. The van der Waals surface area contributed by atoms with Crippen molar-refractivity contribution in [2.75, 3.05) is 13.7 Å². The van der Waals surface area contributed by atoms with Crippen LogP contribution in [0.3, 0.4) is 0 Å². The van der Waals surface area contributed by atoms with Crippen LogP contribution in [0.4, 0.5) is 4.39 Å². The molecule has 6 heteroatoms. The van der Waals surface area contributed by atoms with Crippen LogP contribution in [0.5, 0.6) is 5.75 Å². The van der Waals surface area contributed by atoms with Crippen molar-refractivity contribution in [3.8, 4) is 17.0 Å². The highest BCUT2D eigenvalue weighted by molar-refractivity contribution is 5.97. The van der Waals surface area contributed by atoms with E-state index in [0.717, 1.165) is 23.4 Å². The van der Waals surface area contributed by atoms with Gasteiger partial charge in [-0.25, -0.2) is 4.39 Å². The average molecular weight is 363 g/mol. The molecule has 1 aliphatic rings. The normalized spacial score (nSPS) is 13.5. The Balaban J connectivity index is 1.63. The van der Waals surface area contributed by atoms with E-state index in [2.05, 4.69) is 15.3 Å². The molecule has 3 heterocycles. The van der Waals surface area contributed by atoms with E-state index in [-0.39, 0.29) is 11.7 Å². The lowest BCUT2D eigenvalue weighted by atomic mass is 10.1. The van der Waals surface area contributed by atoms with Gasteiger partial charge in [-0.15, -0.1) is 0 Å². The first kappa shape index (κ1) is 17.0. The fourth-order valence-corrected chi connectivity index (χ4v) is 3.11. The Morgan fingerprint density at radius 3 is 2.89 bits per heavy atom. The van der Waals surface area contributed by atoms with Gasteiger partial charge < -0.3 is 15.0 Å². The molecule has 0 saturated heterocycles. The summed E-state index contributed by atoms with van der Waals surface area (Å²) in [4.78, 5) is 19.6. The highest BCUT2D eigenvalue weighted by Gasteiger charge is 2.19. The van der Waals surface area contributed by atoms with Gasteiger partial charge in [0.25, 0.3) is 5.91 Å². The molecule has 136 valence electrons. The van der Waals surface area contributed by atoms with E-state index in [0.29, 0.717) is 29.1 Å². The summed E-state index contributed by atoms with van der Waals surface area (Å²) in [7, 11) is 1.54. The van der Waals surface area contributed by atoms with Gasteiger partial charge >= 0.3 is 0 Å². The topological polar surface area (TPSA) is 67.0 Å². The third kappa shape index (κ3) is 3.46. The summed E-state index contributed by atoms with van der Waals surface area (Å²) in [6.07, 6.45) is 5.89. The molecule has 0 fully saturated rings.